The van der Waals surface area contributed by atoms with E-state index < -0.39 is 5.97 Å². The van der Waals surface area contributed by atoms with Crippen LogP contribution in [0.25, 0.3) is 0 Å². The van der Waals surface area contributed by atoms with Gasteiger partial charge in [-0.1, -0.05) is 0 Å². The van der Waals surface area contributed by atoms with E-state index in [1.807, 2.05) is 0 Å². The Balaban J connectivity index is 2.14. The Labute approximate surface area is 104 Å². The Bertz CT molecular complexity index is 343. The number of rotatable bonds is 9. The molecule has 0 radical (unpaired) electrons. The lowest BCUT2D eigenvalue weighted by molar-refractivity contribution is -0.136. The zero-order valence-electron chi connectivity index (χ0n) is 9.64. The van der Waals surface area contributed by atoms with Crippen LogP contribution in [-0.2, 0) is 20.7 Å². The van der Waals surface area contributed by atoms with Crippen LogP contribution in [0.3, 0.4) is 0 Å². The molecule has 0 atom stereocenters. The molecule has 96 valence electrons. The number of thiazole rings is 1. The molecular formula is C10H16N2O4S. The number of nitrogens with one attached hydrogen (secondary N) is 1. The molecule has 0 fully saturated rings. The van der Waals surface area contributed by atoms with Crippen LogP contribution in [-0.4, -0.2) is 49.5 Å². The highest BCUT2D eigenvalue weighted by atomic mass is 32.1. The van der Waals surface area contributed by atoms with E-state index in [-0.39, 0.29) is 6.42 Å². The number of aromatic nitrogens is 1. The molecule has 0 bridgehead atoms. The fourth-order valence-corrected chi connectivity index (χ4v) is 1.84. The molecule has 17 heavy (non-hydrogen) atoms. The molecule has 0 amide bonds. The van der Waals surface area contributed by atoms with Crippen LogP contribution >= 0.6 is 11.3 Å². The third-order valence-electron chi connectivity index (χ3n) is 1.84. The summed E-state index contributed by atoms with van der Waals surface area (Å²) in [6, 6.07) is 0. The van der Waals surface area contributed by atoms with Crippen molar-refractivity contribution in [2.24, 2.45) is 0 Å². The first-order chi connectivity index (χ1) is 8.22. The molecule has 1 aromatic rings. The summed E-state index contributed by atoms with van der Waals surface area (Å²) in [4.78, 5) is 14.6. The van der Waals surface area contributed by atoms with Crippen molar-refractivity contribution in [2.75, 3.05) is 38.8 Å². The van der Waals surface area contributed by atoms with Crippen molar-refractivity contribution in [3.05, 3.63) is 11.1 Å². The number of carbonyl (C=O) groups is 1. The van der Waals surface area contributed by atoms with E-state index >= 15 is 0 Å². The molecule has 0 saturated carbocycles. The number of aliphatic carboxylic acids is 1. The van der Waals surface area contributed by atoms with Gasteiger partial charge in [-0.2, -0.15) is 0 Å². The van der Waals surface area contributed by atoms with Gasteiger partial charge in [0.15, 0.2) is 5.13 Å². The second-order valence-corrected chi connectivity index (χ2v) is 4.10. The fraction of sp³-hybridized carbons (Fsp3) is 0.600. The van der Waals surface area contributed by atoms with Gasteiger partial charge in [-0.25, -0.2) is 4.98 Å². The van der Waals surface area contributed by atoms with Crippen molar-refractivity contribution in [3.8, 4) is 0 Å². The molecule has 0 aliphatic heterocycles. The van der Waals surface area contributed by atoms with Gasteiger partial charge in [-0.15, -0.1) is 11.3 Å². The summed E-state index contributed by atoms with van der Waals surface area (Å²) in [6.07, 6.45) is -0.0392. The Morgan fingerprint density at radius 2 is 2.35 bits per heavy atom. The van der Waals surface area contributed by atoms with Gasteiger partial charge in [0.25, 0.3) is 0 Å². The zero-order chi connectivity index (χ0) is 12.5. The minimum atomic E-state index is -0.871. The van der Waals surface area contributed by atoms with Crippen LogP contribution in [0.2, 0.25) is 0 Å². The van der Waals surface area contributed by atoms with Gasteiger partial charge in [0.05, 0.1) is 31.9 Å². The van der Waals surface area contributed by atoms with Gasteiger partial charge in [-0.05, 0) is 0 Å². The van der Waals surface area contributed by atoms with Gasteiger partial charge in [0.1, 0.15) is 0 Å². The van der Waals surface area contributed by atoms with Crippen LogP contribution in [0, 0.1) is 0 Å². The monoisotopic (exact) mass is 260 g/mol. The zero-order valence-corrected chi connectivity index (χ0v) is 10.5. The lowest BCUT2D eigenvalue weighted by Crippen LogP contribution is -2.12. The number of anilines is 1. The highest BCUT2D eigenvalue weighted by Gasteiger charge is 2.05. The number of hydrogen-bond acceptors (Lipinski definition) is 6. The van der Waals surface area contributed by atoms with Crippen LogP contribution in [0.15, 0.2) is 5.38 Å². The first-order valence-electron chi connectivity index (χ1n) is 5.19. The predicted molar refractivity (Wildman–Crippen MR) is 64.6 cm³/mol. The molecule has 0 aromatic carbocycles. The van der Waals surface area contributed by atoms with Crippen molar-refractivity contribution in [1.82, 2.24) is 4.98 Å². The minimum Gasteiger partial charge on any atom is -0.481 e. The van der Waals surface area contributed by atoms with E-state index in [0.29, 0.717) is 32.1 Å². The van der Waals surface area contributed by atoms with E-state index in [1.165, 1.54) is 11.3 Å². The van der Waals surface area contributed by atoms with Crippen molar-refractivity contribution in [3.63, 3.8) is 0 Å². The van der Waals surface area contributed by atoms with Crippen LogP contribution in [0.5, 0.6) is 0 Å². The first-order valence-corrected chi connectivity index (χ1v) is 6.07. The summed E-state index contributed by atoms with van der Waals surface area (Å²) in [5.41, 5.74) is 0.574. The number of methoxy groups -OCH3 is 1. The summed E-state index contributed by atoms with van der Waals surface area (Å²) in [6.45, 7) is 2.36. The molecule has 0 saturated heterocycles. The molecule has 7 heteroatoms. The molecule has 1 heterocycles. The molecule has 0 aliphatic rings. The maximum atomic E-state index is 10.5. The van der Waals surface area contributed by atoms with Gasteiger partial charge >= 0.3 is 5.97 Å². The van der Waals surface area contributed by atoms with Crippen molar-refractivity contribution in [2.45, 2.75) is 6.42 Å². The molecule has 0 unspecified atom stereocenters. The maximum absolute atomic E-state index is 10.5. The number of carboxylic acid groups (broad SMARTS) is 1. The van der Waals surface area contributed by atoms with Crippen molar-refractivity contribution in [1.29, 1.82) is 0 Å². The number of hydrogen-bond donors (Lipinski definition) is 2. The number of ether oxygens (including phenoxy) is 2. The first kappa shape index (κ1) is 13.9. The average Bonchev–Trinajstić information content (AvgIpc) is 2.70. The van der Waals surface area contributed by atoms with Crippen LogP contribution < -0.4 is 5.32 Å². The lowest BCUT2D eigenvalue weighted by atomic mass is 10.3. The Morgan fingerprint density at radius 1 is 1.53 bits per heavy atom. The second kappa shape index (κ2) is 7.99. The highest BCUT2D eigenvalue weighted by molar-refractivity contribution is 7.13. The van der Waals surface area contributed by atoms with E-state index in [0.717, 1.165) is 5.13 Å². The van der Waals surface area contributed by atoms with Gasteiger partial charge in [-0.3, -0.25) is 4.79 Å². The molecule has 1 rings (SSSR count). The summed E-state index contributed by atoms with van der Waals surface area (Å²) >= 11 is 1.39. The van der Waals surface area contributed by atoms with Gasteiger partial charge < -0.3 is 19.9 Å². The standard InChI is InChI=1S/C10H16N2O4S/c1-15-4-5-16-3-2-11-10-12-8(7-17-10)6-9(13)14/h7H,2-6H2,1H3,(H,11,12)(H,13,14). The van der Waals surface area contributed by atoms with E-state index in [1.54, 1.807) is 12.5 Å². The minimum absolute atomic E-state index is 0.0392. The van der Waals surface area contributed by atoms with Gasteiger partial charge in [0.2, 0.25) is 0 Å². The Kier molecular flexibility index (Phi) is 6.53. The SMILES string of the molecule is COCCOCCNc1nc(CC(=O)O)cs1. The predicted octanol–water partition coefficient (Wildman–Crippen LogP) is 0.845. The molecule has 0 aliphatic carbocycles. The molecule has 0 spiro atoms. The Morgan fingerprint density at radius 3 is 3.06 bits per heavy atom. The smallest absolute Gasteiger partial charge is 0.309 e. The normalized spacial score (nSPS) is 10.4. The van der Waals surface area contributed by atoms with E-state index in [2.05, 4.69) is 10.3 Å². The Hall–Kier alpha value is -1.18. The quantitative estimate of drug-likeness (QED) is 0.641. The molecule has 2 N–H and O–H groups in total. The molecule has 6 nitrogen and oxygen atoms in total. The van der Waals surface area contributed by atoms with Crippen LogP contribution in [0.1, 0.15) is 5.69 Å². The van der Waals surface area contributed by atoms with E-state index in [4.69, 9.17) is 14.6 Å². The van der Waals surface area contributed by atoms with Crippen LogP contribution in [0.4, 0.5) is 5.13 Å². The van der Waals surface area contributed by atoms with Gasteiger partial charge in [0, 0.05) is 19.0 Å². The molecular weight excluding hydrogens is 244 g/mol. The number of carboxylic acids is 1. The maximum Gasteiger partial charge on any atom is 0.309 e. The number of nitrogens with zero attached hydrogens (tertiary/aromatic N) is 1. The molecule has 1 aromatic heterocycles. The summed E-state index contributed by atoms with van der Waals surface area (Å²) in [5, 5.41) is 14.1. The third kappa shape index (κ3) is 6.20. The summed E-state index contributed by atoms with van der Waals surface area (Å²) < 4.78 is 10.1. The summed E-state index contributed by atoms with van der Waals surface area (Å²) in [7, 11) is 1.63. The van der Waals surface area contributed by atoms with E-state index in [9.17, 15) is 4.79 Å². The topological polar surface area (TPSA) is 80.7 Å². The average molecular weight is 260 g/mol. The second-order valence-electron chi connectivity index (χ2n) is 3.25. The fourth-order valence-electron chi connectivity index (χ4n) is 1.10. The largest absolute Gasteiger partial charge is 0.481 e. The van der Waals surface area contributed by atoms with Crippen molar-refractivity contribution < 1.29 is 19.4 Å². The van der Waals surface area contributed by atoms with Crippen molar-refractivity contribution >= 4 is 22.4 Å². The highest BCUT2D eigenvalue weighted by Crippen LogP contribution is 2.15. The summed E-state index contributed by atoms with van der Waals surface area (Å²) in [5.74, 6) is -0.871. The lowest BCUT2D eigenvalue weighted by Gasteiger charge is -2.03. The third-order valence-corrected chi connectivity index (χ3v) is 2.69.